The minimum Gasteiger partial charge on any atom is -0.478 e. The monoisotopic (exact) mass is 303 g/mol. The molecule has 0 bridgehead atoms. The second kappa shape index (κ2) is 5.45. The molecule has 20 heavy (non-hydrogen) atoms. The second-order valence-electron chi connectivity index (χ2n) is 3.78. The molecule has 1 aromatic heterocycles. The number of nitrogens with zero attached hydrogens (tertiary/aromatic N) is 2. The summed E-state index contributed by atoms with van der Waals surface area (Å²) in [6.45, 7) is 0.160. The van der Waals surface area contributed by atoms with Gasteiger partial charge in [0.25, 0.3) is 0 Å². The SMILES string of the molecule is O=C(O)c1cccc(CNc2nc(C(F)(F)F)ns2)c1. The van der Waals surface area contributed by atoms with Gasteiger partial charge in [-0.05, 0) is 17.7 Å². The zero-order chi connectivity index (χ0) is 14.8. The van der Waals surface area contributed by atoms with Crippen molar-refractivity contribution in [2.45, 2.75) is 12.7 Å². The number of aromatic nitrogens is 2. The highest BCUT2D eigenvalue weighted by molar-refractivity contribution is 7.09. The molecule has 106 valence electrons. The van der Waals surface area contributed by atoms with Crippen LogP contribution in [0.25, 0.3) is 0 Å². The average molecular weight is 303 g/mol. The van der Waals surface area contributed by atoms with Gasteiger partial charge in [0.1, 0.15) is 0 Å². The minimum atomic E-state index is -4.57. The Morgan fingerprint density at radius 2 is 2.15 bits per heavy atom. The van der Waals surface area contributed by atoms with Crippen LogP contribution in [0.2, 0.25) is 0 Å². The fourth-order valence-electron chi connectivity index (χ4n) is 1.40. The van der Waals surface area contributed by atoms with E-state index in [0.717, 1.165) is 0 Å². The predicted octanol–water partition coefficient (Wildman–Crippen LogP) is 2.87. The molecule has 2 aromatic rings. The molecule has 1 heterocycles. The topological polar surface area (TPSA) is 75.1 Å². The fraction of sp³-hybridized carbons (Fsp3) is 0.182. The number of hydrogen-bond donors (Lipinski definition) is 2. The van der Waals surface area contributed by atoms with Gasteiger partial charge in [0.05, 0.1) is 5.56 Å². The smallest absolute Gasteiger partial charge is 0.452 e. The van der Waals surface area contributed by atoms with Crippen LogP contribution < -0.4 is 5.32 Å². The van der Waals surface area contributed by atoms with Gasteiger partial charge in [0, 0.05) is 18.1 Å². The molecule has 2 rings (SSSR count). The van der Waals surface area contributed by atoms with Gasteiger partial charge in [0.2, 0.25) is 11.0 Å². The normalized spacial score (nSPS) is 11.3. The van der Waals surface area contributed by atoms with Crippen LogP contribution in [0, 0.1) is 0 Å². The maximum atomic E-state index is 12.3. The van der Waals surface area contributed by atoms with Crippen molar-refractivity contribution >= 4 is 22.6 Å². The summed E-state index contributed by atoms with van der Waals surface area (Å²) in [6, 6.07) is 6.08. The number of rotatable bonds is 4. The van der Waals surface area contributed by atoms with Crippen molar-refractivity contribution in [1.29, 1.82) is 0 Å². The molecule has 0 fully saturated rings. The lowest BCUT2D eigenvalue weighted by molar-refractivity contribution is -0.144. The van der Waals surface area contributed by atoms with E-state index >= 15 is 0 Å². The Balaban J connectivity index is 2.04. The van der Waals surface area contributed by atoms with Crippen LogP contribution in [-0.4, -0.2) is 20.4 Å². The van der Waals surface area contributed by atoms with E-state index < -0.39 is 18.0 Å². The minimum absolute atomic E-state index is 0.0260. The molecule has 0 radical (unpaired) electrons. The standard InChI is InChI=1S/C11H8F3N3O2S/c12-11(13,14)9-16-10(20-17-9)15-5-6-2-1-3-7(4-6)8(18)19/h1-4H,5H2,(H,18,19)(H,15,16,17). The van der Waals surface area contributed by atoms with Crippen molar-refractivity contribution in [2.24, 2.45) is 0 Å². The molecular weight excluding hydrogens is 295 g/mol. The molecule has 0 aliphatic rings. The third-order valence-corrected chi connectivity index (χ3v) is 2.97. The Morgan fingerprint density at radius 3 is 2.75 bits per heavy atom. The molecule has 0 aliphatic heterocycles. The van der Waals surface area contributed by atoms with Gasteiger partial charge in [0.15, 0.2) is 0 Å². The van der Waals surface area contributed by atoms with E-state index in [0.29, 0.717) is 17.1 Å². The number of benzene rings is 1. The number of halogens is 3. The number of alkyl halides is 3. The highest BCUT2D eigenvalue weighted by atomic mass is 32.1. The van der Waals surface area contributed by atoms with Crippen molar-refractivity contribution in [3.63, 3.8) is 0 Å². The van der Waals surface area contributed by atoms with Crippen molar-refractivity contribution in [1.82, 2.24) is 9.36 Å². The van der Waals surface area contributed by atoms with E-state index in [4.69, 9.17) is 5.11 Å². The molecule has 0 amide bonds. The Kier molecular flexibility index (Phi) is 3.89. The Morgan fingerprint density at radius 1 is 1.40 bits per heavy atom. The maximum absolute atomic E-state index is 12.3. The van der Waals surface area contributed by atoms with Crippen LogP contribution >= 0.6 is 11.5 Å². The van der Waals surface area contributed by atoms with Crippen LogP contribution in [-0.2, 0) is 12.7 Å². The highest BCUT2D eigenvalue weighted by Gasteiger charge is 2.36. The van der Waals surface area contributed by atoms with E-state index in [-0.39, 0.29) is 17.2 Å². The first-order valence-electron chi connectivity index (χ1n) is 5.33. The summed E-state index contributed by atoms with van der Waals surface area (Å²) in [6.07, 6.45) is -4.57. The summed E-state index contributed by atoms with van der Waals surface area (Å²) < 4.78 is 40.1. The summed E-state index contributed by atoms with van der Waals surface area (Å²) in [4.78, 5) is 14.1. The number of carbonyl (C=O) groups is 1. The molecule has 0 atom stereocenters. The maximum Gasteiger partial charge on any atom is 0.452 e. The number of hydrogen-bond acceptors (Lipinski definition) is 5. The number of nitrogens with one attached hydrogen (secondary N) is 1. The van der Waals surface area contributed by atoms with Crippen molar-refractivity contribution in [3.05, 3.63) is 41.2 Å². The van der Waals surface area contributed by atoms with Gasteiger partial charge in [-0.3, -0.25) is 0 Å². The van der Waals surface area contributed by atoms with Crippen LogP contribution in [0.4, 0.5) is 18.3 Å². The lowest BCUT2D eigenvalue weighted by Gasteiger charge is -2.03. The lowest BCUT2D eigenvalue weighted by atomic mass is 10.1. The number of carboxylic acid groups (broad SMARTS) is 1. The summed E-state index contributed by atoms with van der Waals surface area (Å²) in [5, 5.41) is 11.5. The van der Waals surface area contributed by atoms with Crippen LogP contribution in [0.5, 0.6) is 0 Å². The molecule has 0 aliphatic carbocycles. The van der Waals surface area contributed by atoms with Gasteiger partial charge in [-0.15, -0.1) is 0 Å². The first-order chi connectivity index (χ1) is 9.36. The first kappa shape index (κ1) is 14.3. The van der Waals surface area contributed by atoms with E-state index in [2.05, 4.69) is 14.7 Å². The van der Waals surface area contributed by atoms with Gasteiger partial charge in [-0.1, -0.05) is 12.1 Å². The van der Waals surface area contributed by atoms with Crippen LogP contribution in [0.15, 0.2) is 24.3 Å². The molecule has 1 aromatic carbocycles. The zero-order valence-corrected chi connectivity index (χ0v) is 10.6. The van der Waals surface area contributed by atoms with Gasteiger partial charge in [-0.25, -0.2) is 4.79 Å². The van der Waals surface area contributed by atoms with Gasteiger partial charge >= 0.3 is 12.1 Å². The van der Waals surface area contributed by atoms with Crippen LogP contribution in [0.1, 0.15) is 21.7 Å². The third kappa shape index (κ3) is 3.44. The first-order valence-corrected chi connectivity index (χ1v) is 6.10. The number of aromatic carboxylic acids is 1. The van der Waals surface area contributed by atoms with Gasteiger partial charge in [-0.2, -0.15) is 22.5 Å². The molecule has 9 heteroatoms. The van der Waals surface area contributed by atoms with E-state index in [1.165, 1.54) is 12.1 Å². The Labute approximate surface area is 115 Å². The van der Waals surface area contributed by atoms with Crippen molar-refractivity contribution < 1.29 is 23.1 Å². The third-order valence-electron chi connectivity index (χ3n) is 2.30. The quantitative estimate of drug-likeness (QED) is 0.908. The zero-order valence-electron chi connectivity index (χ0n) is 9.81. The molecule has 0 saturated carbocycles. The predicted molar refractivity (Wildman–Crippen MR) is 65.6 cm³/mol. The molecular formula is C11H8F3N3O2S. The molecule has 0 unspecified atom stereocenters. The lowest BCUT2D eigenvalue weighted by Crippen LogP contribution is -2.08. The van der Waals surface area contributed by atoms with E-state index in [9.17, 15) is 18.0 Å². The highest BCUT2D eigenvalue weighted by Crippen LogP contribution is 2.29. The van der Waals surface area contributed by atoms with Crippen molar-refractivity contribution in [2.75, 3.05) is 5.32 Å². The molecule has 5 nitrogen and oxygen atoms in total. The number of anilines is 1. The molecule has 2 N–H and O–H groups in total. The van der Waals surface area contributed by atoms with E-state index in [1.807, 2.05) is 0 Å². The van der Waals surface area contributed by atoms with Crippen molar-refractivity contribution in [3.8, 4) is 0 Å². The summed E-state index contributed by atoms with van der Waals surface area (Å²) in [7, 11) is 0. The molecule has 0 spiro atoms. The van der Waals surface area contributed by atoms with Gasteiger partial charge < -0.3 is 10.4 Å². The Bertz CT molecular complexity index is 627. The Hall–Kier alpha value is -2.16. The van der Waals surface area contributed by atoms with E-state index in [1.54, 1.807) is 12.1 Å². The number of carboxylic acids is 1. The van der Waals surface area contributed by atoms with Crippen LogP contribution in [0.3, 0.4) is 0 Å². The summed E-state index contributed by atoms with van der Waals surface area (Å²) >= 11 is 0.598. The second-order valence-corrected chi connectivity index (χ2v) is 4.53. The largest absolute Gasteiger partial charge is 0.478 e. The summed E-state index contributed by atoms with van der Waals surface area (Å²) in [5.74, 6) is -2.26. The molecule has 0 saturated heterocycles. The fourth-order valence-corrected chi connectivity index (χ4v) is 1.98. The average Bonchev–Trinajstić information content (AvgIpc) is 2.85. The summed E-state index contributed by atoms with van der Waals surface area (Å²) in [5.41, 5.74) is 0.728.